The van der Waals surface area contributed by atoms with Crippen molar-refractivity contribution in [2.75, 3.05) is 6.54 Å². The minimum absolute atomic E-state index is 0.186. The van der Waals surface area contributed by atoms with Crippen LogP contribution >= 0.6 is 34.5 Å². The van der Waals surface area contributed by atoms with Gasteiger partial charge in [0.1, 0.15) is 0 Å². The van der Waals surface area contributed by atoms with Crippen LogP contribution in [-0.2, 0) is 0 Å². The van der Waals surface area contributed by atoms with Gasteiger partial charge in [0.2, 0.25) is 0 Å². The van der Waals surface area contributed by atoms with Gasteiger partial charge in [-0.05, 0) is 40.1 Å². The van der Waals surface area contributed by atoms with Crippen LogP contribution in [0, 0.1) is 0 Å². The fourth-order valence-electron chi connectivity index (χ4n) is 1.87. The Balaban J connectivity index is 2.30. The van der Waals surface area contributed by atoms with Crippen molar-refractivity contribution in [1.29, 1.82) is 0 Å². The van der Waals surface area contributed by atoms with Gasteiger partial charge in [-0.1, -0.05) is 29.3 Å². The maximum atomic E-state index is 10.3. The highest BCUT2D eigenvalue weighted by Crippen LogP contribution is 2.34. The van der Waals surface area contributed by atoms with Crippen LogP contribution in [0.4, 0.5) is 0 Å². The van der Waals surface area contributed by atoms with Gasteiger partial charge in [0, 0.05) is 12.5 Å². The third-order valence-corrected chi connectivity index (χ3v) is 4.33. The van der Waals surface area contributed by atoms with Gasteiger partial charge in [-0.3, -0.25) is 0 Å². The number of aliphatic hydroxyl groups is 1. The number of benzene rings is 1. The predicted molar refractivity (Wildman–Crippen MR) is 77.5 cm³/mol. The van der Waals surface area contributed by atoms with Gasteiger partial charge in [-0.2, -0.15) is 11.3 Å². The molecule has 2 rings (SSSR count). The van der Waals surface area contributed by atoms with E-state index in [0.29, 0.717) is 16.6 Å². The first kappa shape index (κ1) is 13.8. The molecule has 0 saturated heterocycles. The maximum Gasteiger partial charge on any atom is 0.0878 e. The molecule has 1 aromatic heterocycles. The second kappa shape index (κ2) is 6.04. The lowest BCUT2D eigenvalue weighted by Crippen LogP contribution is -2.19. The molecule has 0 aliphatic heterocycles. The number of halogens is 2. The van der Waals surface area contributed by atoms with Crippen molar-refractivity contribution >= 4 is 34.5 Å². The van der Waals surface area contributed by atoms with E-state index in [1.807, 2.05) is 22.9 Å². The summed E-state index contributed by atoms with van der Waals surface area (Å²) in [4.78, 5) is 0. The zero-order chi connectivity index (χ0) is 13.1. The fraction of sp³-hybridized carbons (Fsp3) is 0.231. The van der Waals surface area contributed by atoms with Crippen molar-refractivity contribution in [1.82, 2.24) is 0 Å². The lowest BCUT2D eigenvalue weighted by Gasteiger charge is -2.21. The van der Waals surface area contributed by atoms with Gasteiger partial charge in [0.15, 0.2) is 0 Å². The highest BCUT2D eigenvalue weighted by molar-refractivity contribution is 7.07. The largest absolute Gasteiger partial charge is 0.388 e. The normalized spacial score (nSPS) is 14.4. The fourth-order valence-corrected chi connectivity index (χ4v) is 2.86. The lowest BCUT2D eigenvalue weighted by molar-refractivity contribution is 0.148. The zero-order valence-electron chi connectivity index (χ0n) is 9.51. The molecule has 2 atom stereocenters. The van der Waals surface area contributed by atoms with E-state index in [-0.39, 0.29) is 5.92 Å². The molecule has 0 bridgehead atoms. The Morgan fingerprint density at radius 2 is 1.94 bits per heavy atom. The Labute approximate surface area is 120 Å². The molecule has 0 radical (unpaired) electrons. The summed E-state index contributed by atoms with van der Waals surface area (Å²) in [7, 11) is 0. The summed E-state index contributed by atoms with van der Waals surface area (Å²) < 4.78 is 0. The molecule has 2 unspecified atom stereocenters. The molecule has 0 aliphatic carbocycles. The summed E-state index contributed by atoms with van der Waals surface area (Å²) in [6, 6.07) is 7.23. The van der Waals surface area contributed by atoms with E-state index in [2.05, 4.69) is 0 Å². The lowest BCUT2D eigenvalue weighted by atomic mass is 9.90. The Hall–Kier alpha value is -0.580. The molecule has 0 saturated carbocycles. The van der Waals surface area contributed by atoms with Crippen molar-refractivity contribution < 1.29 is 5.11 Å². The molecule has 1 heterocycles. The molecule has 1 aromatic carbocycles. The Kier molecular flexibility index (Phi) is 4.65. The second-order valence-electron chi connectivity index (χ2n) is 4.02. The van der Waals surface area contributed by atoms with E-state index < -0.39 is 6.10 Å². The van der Waals surface area contributed by atoms with E-state index >= 15 is 0 Å². The quantitative estimate of drug-likeness (QED) is 0.901. The van der Waals surface area contributed by atoms with E-state index in [4.69, 9.17) is 28.9 Å². The van der Waals surface area contributed by atoms with Gasteiger partial charge in [0.25, 0.3) is 0 Å². The molecular formula is C13H13Cl2NOS. The molecule has 0 amide bonds. The van der Waals surface area contributed by atoms with Crippen molar-refractivity contribution in [2.24, 2.45) is 5.73 Å². The van der Waals surface area contributed by atoms with Gasteiger partial charge in [0.05, 0.1) is 16.1 Å². The van der Waals surface area contributed by atoms with Crippen molar-refractivity contribution in [3.05, 3.63) is 56.2 Å². The highest BCUT2D eigenvalue weighted by Gasteiger charge is 2.22. The molecule has 96 valence electrons. The average molecular weight is 302 g/mol. The van der Waals surface area contributed by atoms with Crippen LogP contribution in [0.25, 0.3) is 0 Å². The van der Waals surface area contributed by atoms with E-state index in [0.717, 1.165) is 11.1 Å². The molecule has 3 N–H and O–H groups in total. The van der Waals surface area contributed by atoms with Crippen LogP contribution in [0.3, 0.4) is 0 Å². The summed E-state index contributed by atoms with van der Waals surface area (Å²) in [5, 5.41) is 15.2. The number of nitrogens with two attached hydrogens (primary N) is 1. The number of aliphatic hydroxyl groups excluding tert-OH is 1. The van der Waals surface area contributed by atoms with Gasteiger partial charge >= 0.3 is 0 Å². The standard InChI is InChI=1S/C13H13Cl2NOS/c14-11-2-1-8(5-12(11)15)10(6-16)13(17)9-3-4-18-7-9/h1-5,7,10,13,17H,6,16H2. The molecular weight excluding hydrogens is 289 g/mol. The Bertz CT molecular complexity index is 516. The van der Waals surface area contributed by atoms with Gasteiger partial charge in [-0.25, -0.2) is 0 Å². The molecule has 18 heavy (non-hydrogen) atoms. The van der Waals surface area contributed by atoms with E-state index in [1.165, 1.54) is 0 Å². The maximum absolute atomic E-state index is 10.3. The smallest absolute Gasteiger partial charge is 0.0878 e. The van der Waals surface area contributed by atoms with Crippen LogP contribution in [0.5, 0.6) is 0 Å². The number of thiophene rings is 1. The topological polar surface area (TPSA) is 46.2 Å². The summed E-state index contributed by atoms with van der Waals surface area (Å²) in [5.74, 6) is -0.186. The van der Waals surface area contributed by atoms with Gasteiger partial charge in [-0.15, -0.1) is 0 Å². The average Bonchev–Trinajstić information content (AvgIpc) is 2.88. The van der Waals surface area contributed by atoms with Crippen LogP contribution in [0.2, 0.25) is 10.0 Å². The molecule has 2 nitrogen and oxygen atoms in total. The molecule has 2 aromatic rings. The minimum Gasteiger partial charge on any atom is -0.388 e. The first-order chi connectivity index (χ1) is 8.63. The number of rotatable bonds is 4. The van der Waals surface area contributed by atoms with Crippen molar-refractivity contribution in [3.8, 4) is 0 Å². The monoisotopic (exact) mass is 301 g/mol. The summed E-state index contributed by atoms with van der Waals surface area (Å²) in [6.07, 6.45) is -0.626. The third-order valence-electron chi connectivity index (χ3n) is 2.89. The minimum atomic E-state index is -0.626. The number of hydrogen-bond donors (Lipinski definition) is 2. The summed E-state index contributed by atoms with van der Waals surface area (Å²) >= 11 is 13.4. The summed E-state index contributed by atoms with van der Waals surface area (Å²) in [5.41, 5.74) is 7.54. The second-order valence-corrected chi connectivity index (χ2v) is 5.61. The Morgan fingerprint density at radius 1 is 1.17 bits per heavy atom. The predicted octanol–water partition coefficient (Wildman–Crippen LogP) is 3.83. The third kappa shape index (κ3) is 2.87. The van der Waals surface area contributed by atoms with Crippen molar-refractivity contribution in [2.45, 2.75) is 12.0 Å². The zero-order valence-corrected chi connectivity index (χ0v) is 11.8. The molecule has 0 spiro atoms. The molecule has 0 aliphatic rings. The van der Waals surface area contributed by atoms with Gasteiger partial charge < -0.3 is 10.8 Å². The molecule has 5 heteroatoms. The SMILES string of the molecule is NCC(c1ccc(Cl)c(Cl)c1)C(O)c1ccsc1. The van der Waals surface area contributed by atoms with Crippen LogP contribution in [0.1, 0.15) is 23.1 Å². The molecule has 0 fully saturated rings. The first-order valence-electron chi connectivity index (χ1n) is 5.48. The summed E-state index contributed by atoms with van der Waals surface area (Å²) in [6.45, 7) is 0.342. The highest BCUT2D eigenvalue weighted by atomic mass is 35.5. The van der Waals surface area contributed by atoms with E-state index in [1.54, 1.807) is 23.5 Å². The van der Waals surface area contributed by atoms with Crippen LogP contribution in [-0.4, -0.2) is 11.7 Å². The van der Waals surface area contributed by atoms with Crippen molar-refractivity contribution in [3.63, 3.8) is 0 Å². The Morgan fingerprint density at radius 3 is 2.50 bits per heavy atom. The first-order valence-corrected chi connectivity index (χ1v) is 7.18. The van der Waals surface area contributed by atoms with Crippen LogP contribution < -0.4 is 5.73 Å². The van der Waals surface area contributed by atoms with Crippen LogP contribution in [0.15, 0.2) is 35.0 Å². The van der Waals surface area contributed by atoms with E-state index in [9.17, 15) is 5.11 Å². The number of hydrogen-bond acceptors (Lipinski definition) is 3.